The van der Waals surface area contributed by atoms with Crippen LogP contribution in [0.5, 0.6) is 0 Å². The molecule has 1 amide bonds. The highest BCUT2D eigenvalue weighted by molar-refractivity contribution is 5.84. The van der Waals surface area contributed by atoms with Crippen LogP contribution in [0.15, 0.2) is 0 Å². The van der Waals surface area contributed by atoms with Crippen LogP contribution in [-0.4, -0.2) is 24.0 Å². The summed E-state index contributed by atoms with van der Waals surface area (Å²) in [6.45, 7) is 0.666. The zero-order valence-electron chi connectivity index (χ0n) is 8.29. The SMILES string of the molecule is O=C1NCCC12CCCCC2.O=CO. The molecule has 0 bridgehead atoms. The van der Waals surface area contributed by atoms with Crippen molar-refractivity contribution in [1.82, 2.24) is 5.32 Å². The highest BCUT2D eigenvalue weighted by Gasteiger charge is 2.42. The highest BCUT2D eigenvalue weighted by Crippen LogP contribution is 2.41. The molecule has 2 N–H and O–H groups in total. The number of carbonyl (C=O) groups is 2. The van der Waals surface area contributed by atoms with Crippen LogP contribution in [0.3, 0.4) is 0 Å². The van der Waals surface area contributed by atoms with Gasteiger partial charge in [-0.15, -0.1) is 0 Å². The van der Waals surface area contributed by atoms with Gasteiger partial charge >= 0.3 is 0 Å². The Kier molecular flexibility index (Phi) is 3.92. The van der Waals surface area contributed by atoms with Gasteiger partial charge in [0.05, 0.1) is 5.41 Å². The first-order valence-corrected chi connectivity index (χ1v) is 5.11. The monoisotopic (exact) mass is 199 g/mol. The summed E-state index contributed by atoms with van der Waals surface area (Å²) < 4.78 is 0. The van der Waals surface area contributed by atoms with Crippen LogP contribution in [0.2, 0.25) is 0 Å². The maximum atomic E-state index is 11.4. The molecule has 80 valence electrons. The maximum absolute atomic E-state index is 11.4. The molecule has 0 aromatic rings. The summed E-state index contributed by atoms with van der Waals surface area (Å²) in [6, 6.07) is 0. The topological polar surface area (TPSA) is 66.4 Å². The third kappa shape index (κ3) is 2.25. The second-order valence-electron chi connectivity index (χ2n) is 3.95. The minimum atomic E-state index is -0.250. The van der Waals surface area contributed by atoms with Gasteiger partial charge in [0.1, 0.15) is 0 Å². The lowest BCUT2D eigenvalue weighted by Gasteiger charge is -2.29. The van der Waals surface area contributed by atoms with Crippen LogP contribution in [0.1, 0.15) is 38.5 Å². The summed E-state index contributed by atoms with van der Waals surface area (Å²) in [4.78, 5) is 19.8. The van der Waals surface area contributed by atoms with Crippen LogP contribution in [0.25, 0.3) is 0 Å². The van der Waals surface area contributed by atoms with Gasteiger partial charge in [0.25, 0.3) is 6.47 Å². The molecule has 2 aliphatic rings. The first-order valence-electron chi connectivity index (χ1n) is 5.11. The third-order valence-corrected chi connectivity index (χ3v) is 3.18. The van der Waals surface area contributed by atoms with Gasteiger partial charge in [-0.2, -0.15) is 0 Å². The standard InChI is InChI=1S/C9H15NO.CH2O2/c11-8-9(6-7-10-8)4-2-1-3-5-9;2-1-3/h1-7H2,(H,10,11);1H,(H,2,3). The van der Waals surface area contributed by atoms with Crippen LogP contribution < -0.4 is 5.32 Å². The summed E-state index contributed by atoms with van der Waals surface area (Å²) in [6.07, 6.45) is 7.21. The average Bonchev–Trinajstić information content (AvgIpc) is 2.51. The Hall–Kier alpha value is -1.06. The number of nitrogens with one attached hydrogen (secondary N) is 1. The minimum absolute atomic E-state index is 0.0816. The van der Waals surface area contributed by atoms with Crippen molar-refractivity contribution in [2.75, 3.05) is 6.54 Å². The van der Waals surface area contributed by atoms with E-state index in [-0.39, 0.29) is 11.9 Å². The van der Waals surface area contributed by atoms with Crippen LogP contribution in [0.4, 0.5) is 0 Å². The number of carbonyl (C=O) groups excluding carboxylic acids is 1. The fourth-order valence-corrected chi connectivity index (χ4v) is 2.42. The predicted molar refractivity (Wildman–Crippen MR) is 51.8 cm³/mol. The Morgan fingerprint density at radius 1 is 1.21 bits per heavy atom. The van der Waals surface area contributed by atoms with E-state index in [1.807, 2.05) is 0 Å². The molecule has 1 aliphatic heterocycles. The highest BCUT2D eigenvalue weighted by atomic mass is 16.3. The van der Waals surface area contributed by atoms with Crippen molar-refractivity contribution < 1.29 is 14.7 Å². The molecule has 2 rings (SSSR count). The Morgan fingerprint density at radius 2 is 1.79 bits per heavy atom. The van der Waals surface area contributed by atoms with E-state index in [9.17, 15) is 4.79 Å². The molecular weight excluding hydrogens is 182 g/mol. The molecule has 1 heterocycles. The molecule has 14 heavy (non-hydrogen) atoms. The number of carboxylic acid groups (broad SMARTS) is 1. The van der Waals surface area contributed by atoms with E-state index >= 15 is 0 Å². The molecule has 0 radical (unpaired) electrons. The van der Waals surface area contributed by atoms with E-state index in [1.165, 1.54) is 19.3 Å². The van der Waals surface area contributed by atoms with Gasteiger partial charge in [0.2, 0.25) is 5.91 Å². The third-order valence-electron chi connectivity index (χ3n) is 3.18. The lowest BCUT2D eigenvalue weighted by Crippen LogP contribution is -2.32. The van der Waals surface area contributed by atoms with E-state index in [0.717, 1.165) is 25.8 Å². The predicted octanol–water partition coefficient (Wildman–Crippen LogP) is 1.16. The summed E-state index contributed by atoms with van der Waals surface area (Å²) >= 11 is 0. The number of hydrogen-bond donors (Lipinski definition) is 2. The van der Waals surface area contributed by atoms with Crippen LogP contribution in [-0.2, 0) is 9.59 Å². The molecule has 1 saturated carbocycles. The fourth-order valence-electron chi connectivity index (χ4n) is 2.42. The minimum Gasteiger partial charge on any atom is -0.483 e. The van der Waals surface area contributed by atoms with Gasteiger partial charge in [0, 0.05) is 6.54 Å². The van der Waals surface area contributed by atoms with Gasteiger partial charge in [-0.1, -0.05) is 19.3 Å². The van der Waals surface area contributed by atoms with Gasteiger partial charge in [0.15, 0.2) is 0 Å². The second kappa shape index (κ2) is 4.98. The summed E-state index contributed by atoms with van der Waals surface area (Å²) in [5.74, 6) is 0.331. The van der Waals surface area contributed by atoms with Gasteiger partial charge in [-0.25, -0.2) is 0 Å². The van der Waals surface area contributed by atoms with Crippen molar-refractivity contribution in [1.29, 1.82) is 0 Å². The number of hydrogen-bond acceptors (Lipinski definition) is 2. The summed E-state index contributed by atoms with van der Waals surface area (Å²) in [5, 5.41) is 9.83. The van der Waals surface area contributed by atoms with Crippen molar-refractivity contribution in [2.24, 2.45) is 5.41 Å². The van der Waals surface area contributed by atoms with Gasteiger partial charge in [-0.3, -0.25) is 9.59 Å². The fraction of sp³-hybridized carbons (Fsp3) is 0.800. The second-order valence-corrected chi connectivity index (χ2v) is 3.95. The molecule has 1 aliphatic carbocycles. The van der Waals surface area contributed by atoms with E-state index < -0.39 is 0 Å². The molecule has 0 aromatic heterocycles. The van der Waals surface area contributed by atoms with Gasteiger partial charge < -0.3 is 10.4 Å². The van der Waals surface area contributed by atoms with Crippen molar-refractivity contribution in [3.8, 4) is 0 Å². The molecular formula is C10H17NO3. The molecule has 0 unspecified atom stereocenters. The lowest BCUT2D eigenvalue weighted by molar-refractivity contribution is -0.129. The Labute approximate surface area is 83.7 Å². The Balaban J connectivity index is 0.000000293. The zero-order chi connectivity index (χ0) is 10.4. The number of amides is 1. The normalized spacial score (nSPS) is 23.6. The molecule has 0 aromatic carbocycles. The smallest absolute Gasteiger partial charge is 0.290 e. The Bertz CT molecular complexity index is 209. The Morgan fingerprint density at radius 3 is 2.21 bits per heavy atom. The van der Waals surface area contributed by atoms with Crippen molar-refractivity contribution in [3.05, 3.63) is 0 Å². The molecule has 2 fully saturated rings. The summed E-state index contributed by atoms with van der Waals surface area (Å²) in [5.41, 5.74) is 0.0816. The number of rotatable bonds is 0. The first kappa shape index (κ1) is 11.0. The average molecular weight is 199 g/mol. The largest absolute Gasteiger partial charge is 0.483 e. The van der Waals surface area contributed by atoms with Crippen LogP contribution >= 0.6 is 0 Å². The molecule has 1 spiro atoms. The van der Waals surface area contributed by atoms with Crippen LogP contribution in [0, 0.1) is 5.41 Å². The molecule has 4 nitrogen and oxygen atoms in total. The first-order chi connectivity index (χ1) is 6.75. The van der Waals surface area contributed by atoms with Crippen molar-refractivity contribution >= 4 is 12.4 Å². The van der Waals surface area contributed by atoms with Crippen molar-refractivity contribution in [2.45, 2.75) is 38.5 Å². The van der Waals surface area contributed by atoms with E-state index in [1.54, 1.807) is 0 Å². The van der Waals surface area contributed by atoms with E-state index in [0.29, 0.717) is 5.91 Å². The quantitative estimate of drug-likeness (QED) is 0.575. The lowest BCUT2D eigenvalue weighted by atomic mass is 9.73. The van der Waals surface area contributed by atoms with Gasteiger partial charge in [-0.05, 0) is 19.3 Å². The molecule has 4 heteroatoms. The molecule has 1 saturated heterocycles. The zero-order valence-corrected chi connectivity index (χ0v) is 8.29. The summed E-state index contributed by atoms with van der Waals surface area (Å²) in [7, 11) is 0. The van der Waals surface area contributed by atoms with E-state index in [4.69, 9.17) is 9.90 Å². The van der Waals surface area contributed by atoms with E-state index in [2.05, 4.69) is 5.32 Å². The maximum Gasteiger partial charge on any atom is 0.290 e. The molecule has 0 atom stereocenters. The van der Waals surface area contributed by atoms with Crippen molar-refractivity contribution in [3.63, 3.8) is 0 Å².